The first-order valence-electron chi connectivity index (χ1n) is 18.9. The van der Waals surface area contributed by atoms with Crippen molar-refractivity contribution in [3.8, 4) is 0 Å². The number of hydrogen-bond donors (Lipinski definition) is 2. The second-order valence-electron chi connectivity index (χ2n) is 15.9. The first kappa shape index (κ1) is 47.7. The number of alkyl halides is 12. The van der Waals surface area contributed by atoms with Gasteiger partial charge in [0.2, 0.25) is 5.91 Å². The molecule has 2 atom stereocenters. The van der Waals surface area contributed by atoms with Crippen LogP contribution in [-0.2, 0) is 42.1 Å². The maximum absolute atomic E-state index is 14.5. The first-order valence-corrected chi connectivity index (χ1v) is 21.0. The van der Waals surface area contributed by atoms with Gasteiger partial charge < -0.3 is 10.6 Å². The Morgan fingerprint density at radius 1 is 0.516 bits per heavy atom. The van der Waals surface area contributed by atoms with E-state index < -0.39 is 89.1 Å². The average Bonchev–Trinajstić information content (AvgIpc) is 3.18. The fourth-order valence-electron chi connectivity index (χ4n) is 7.15. The molecule has 62 heavy (non-hydrogen) atoms. The molecule has 0 spiro atoms. The molecule has 5 aromatic rings. The zero-order chi connectivity index (χ0) is 45.9. The fraction of sp³-hybridized carbons (Fsp3) is 0.289. The Morgan fingerprint density at radius 3 is 1.29 bits per heavy atom. The standard InChI is InChI=1S/C45H39F12N2O2P/c1-41(2,3)38(59-39(60)30-22-33(44(52,53)54)25-34(23-30)45(55,56)57)40(61)58-35(21-28-13-7-4-8-14-28)27-62(36-15-9-5-10-16-36,37-17-11-6-12-18-37)26-29-19-31(42(46,47)48)24-32(20-29)43(49,50)51/h4-20,22-25,35,38H,21,26-27H2,1-3H3,(H-,58,59,60,61)/p+1/t35-,38-/m0/s1. The quantitative estimate of drug-likeness (QED) is 0.0968. The van der Waals surface area contributed by atoms with Crippen molar-refractivity contribution in [1.29, 1.82) is 0 Å². The smallest absolute Gasteiger partial charge is 0.348 e. The van der Waals surface area contributed by atoms with Gasteiger partial charge >= 0.3 is 24.7 Å². The van der Waals surface area contributed by atoms with E-state index in [1.54, 1.807) is 91.0 Å². The minimum atomic E-state index is -5.27. The minimum Gasteiger partial charge on any atom is -0.348 e. The molecule has 5 aromatic carbocycles. The van der Waals surface area contributed by atoms with E-state index in [1.165, 1.54) is 20.8 Å². The van der Waals surface area contributed by atoms with Crippen molar-refractivity contribution in [2.45, 2.75) is 70.1 Å². The second-order valence-corrected chi connectivity index (χ2v) is 19.5. The number of hydrogen-bond acceptors (Lipinski definition) is 2. The molecule has 0 aliphatic heterocycles. The van der Waals surface area contributed by atoms with Gasteiger partial charge in [0.1, 0.15) is 6.04 Å². The lowest BCUT2D eigenvalue weighted by molar-refractivity contribution is -0.144. The van der Waals surface area contributed by atoms with E-state index in [2.05, 4.69) is 10.6 Å². The molecule has 0 heterocycles. The molecule has 4 nitrogen and oxygen atoms in total. The number of halogens is 12. The number of benzene rings is 5. The summed E-state index contributed by atoms with van der Waals surface area (Å²) in [6.07, 6.45) is -21.2. The van der Waals surface area contributed by atoms with Crippen LogP contribution in [0.2, 0.25) is 0 Å². The minimum absolute atomic E-state index is 0.0390. The van der Waals surface area contributed by atoms with Crippen LogP contribution in [0.15, 0.2) is 127 Å². The summed E-state index contributed by atoms with van der Waals surface area (Å²) in [4.78, 5) is 28.1. The third-order valence-electron chi connectivity index (χ3n) is 10.1. The molecule has 0 unspecified atom stereocenters. The Kier molecular flexibility index (Phi) is 14.0. The highest BCUT2D eigenvalue weighted by Crippen LogP contribution is 2.60. The van der Waals surface area contributed by atoms with Crippen molar-refractivity contribution in [3.05, 3.63) is 166 Å². The molecule has 2 amide bonds. The largest absolute Gasteiger partial charge is 0.416 e. The van der Waals surface area contributed by atoms with E-state index in [4.69, 9.17) is 0 Å². The Balaban J connectivity index is 1.65. The summed E-state index contributed by atoms with van der Waals surface area (Å²) >= 11 is 0. The van der Waals surface area contributed by atoms with Crippen molar-refractivity contribution in [2.75, 3.05) is 6.16 Å². The molecule has 330 valence electrons. The highest BCUT2D eigenvalue weighted by Gasteiger charge is 2.48. The van der Waals surface area contributed by atoms with E-state index >= 15 is 0 Å². The SMILES string of the molecule is CC(C)(C)[C@@H](NC(=O)c1cc(C(F)(F)F)cc(C(F)(F)F)c1)C(=O)N[C@@H](Cc1ccccc1)C[P+](Cc1cc(C(F)(F)F)cc(C(F)(F)F)c1)(c1ccccc1)c1ccccc1. The Bertz CT molecular complexity index is 2220. The number of rotatable bonds is 12. The third kappa shape index (κ3) is 12.0. The Hall–Kier alpha value is -5.37. The molecule has 0 saturated heterocycles. The van der Waals surface area contributed by atoms with Crippen molar-refractivity contribution in [1.82, 2.24) is 10.6 Å². The summed E-state index contributed by atoms with van der Waals surface area (Å²) in [7, 11) is -3.26. The van der Waals surface area contributed by atoms with E-state index in [0.29, 0.717) is 28.3 Å². The van der Waals surface area contributed by atoms with Crippen LogP contribution in [0.25, 0.3) is 0 Å². The van der Waals surface area contributed by atoms with Gasteiger partial charge in [-0.2, -0.15) is 52.7 Å². The molecule has 17 heteroatoms. The van der Waals surface area contributed by atoms with Crippen molar-refractivity contribution in [3.63, 3.8) is 0 Å². The lowest BCUT2D eigenvalue weighted by Crippen LogP contribution is -2.56. The number of amides is 2. The molecule has 0 aliphatic rings. The number of nitrogens with one attached hydrogen (secondary N) is 2. The number of carbonyl (C=O) groups is 2. The lowest BCUT2D eigenvalue weighted by Gasteiger charge is -2.35. The predicted octanol–water partition coefficient (Wildman–Crippen LogP) is 11.5. The van der Waals surface area contributed by atoms with Crippen LogP contribution in [0, 0.1) is 5.41 Å². The molecular weight excluding hydrogens is 859 g/mol. The molecule has 2 N–H and O–H groups in total. The van der Waals surface area contributed by atoms with E-state index in [0.717, 1.165) is 0 Å². The van der Waals surface area contributed by atoms with Gasteiger partial charge in [0.05, 0.1) is 58.5 Å². The monoisotopic (exact) mass is 899 g/mol. The normalized spacial score (nSPS) is 13.9. The zero-order valence-electron chi connectivity index (χ0n) is 33.2. The molecule has 0 radical (unpaired) electrons. The summed E-state index contributed by atoms with van der Waals surface area (Å²) < 4.78 is 167. The van der Waals surface area contributed by atoms with E-state index in [1.807, 2.05) is 0 Å². The maximum Gasteiger partial charge on any atom is 0.416 e. The van der Waals surface area contributed by atoms with Crippen LogP contribution < -0.4 is 21.2 Å². The summed E-state index contributed by atoms with van der Waals surface area (Å²) in [5.74, 6) is -2.33. The van der Waals surface area contributed by atoms with Gasteiger partial charge in [-0.1, -0.05) is 87.5 Å². The van der Waals surface area contributed by atoms with Crippen molar-refractivity contribution in [2.24, 2.45) is 5.41 Å². The van der Waals surface area contributed by atoms with Crippen LogP contribution in [0.4, 0.5) is 52.7 Å². The lowest BCUT2D eigenvalue weighted by atomic mass is 9.85. The predicted molar refractivity (Wildman–Crippen MR) is 213 cm³/mol. The summed E-state index contributed by atoms with van der Waals surface area (Å²) in [5.41, 5.74) is -8.40. The summed E-state index contributed by atoms with van der Waals surface area (Å²) in [5, 5.41) is 6.35. The first-order chi connectivity index (χ1) is 28.7. The summed E-state index contributed by atoms with van der Waals surface area (Å²) in [6, 6.07) is 24.5. The molecule has 0 aliphatic carbocycles. The van der Waals surface area contributed by atoms with E-state index in [9.17, 15) is 62.3 Å². The molecule has 5 rings (SSSR count). The maximum atomic E-state index is 14.5. The van der Waals surface area contributed by atoms with Crippen molar-refractivity contribution >= 4 is 29.7 Å². The average molecular weight is 900 g/mol. The Morgan fingerprint density at radius 2 is 0.903 bits per heavy atom. The van der Waals surface area contributed by atoms with Gasteiger partial charge in [-0.05, 0) is 83.6 Å². The highest BCUT2D eigenvalue weighted by molar-refractivity contribution is 7.88. The van der Waals surface area contributed by atoms with Crippen molar-refractivity contribution < 1.29 is 62.3 Å². The molecule has 0 aromatic heterocycles. The molecule has 0 fully saturated rings. The number of carbonyl (C=O) groups excluding carboxylic acids is 2. The van der Waals surface area contributed by atoms with Gasteiger partial charge in [0.15, 0.2) is 0 Å². The van der Waals surface area contributed by atoms with Crippen LogP contribution in [0.5, 0.6) is 0 Å². The van der Waals surface area contributed by atoms with Crippen LogP contribution >= 0.6 is 7.26 Å². The van der Waals surface area contributed by atoms with Gasteiger partial charge in [-0.25, -0.2) is 0 Å². The molecule has 0 saturated carbocycles. The molecular formula is C45H40F12N2O2P+. The van der Waals surface area contributed by atoms with Gasteiger partial charge in [0, 0.05) is 5.56 Å². The summed E-state index contributed by atoms with van der Waals surface area (Å²) in [6.45, 7) is 4.48. The fourth-order valence-corrected chi connectivity index (χ4v) is 11.6. The molecule has 0 bridgehead atoms. The van der Waals surface area contributed by atoms with Gasteiger partial charge in [-0.3, -0.25) is 9.59 Å². The zero-order valence-corrected chi connectivity index (χ0v) is 34.1. The third-order valence-corrected chi connectivity index (χ3v) is 14.6. The van der Waals surface area contributed by atoms with Crippen LogP contribution in [0.3, 0.4) is 0 Å². The van der Waals surface area contributed by atoms with Crippen LogP contribution in [0.1, 0.15) is 64.5 Å². The highest BCUT2D eigenvalue weighted by atomic mass is 31.2. The van der Waals surface area contributed by atoms with Crippen LogP contribution in [-0.4, -0.2) is 30.1 Å². The topological polar surface area (TPSA) is 58.2 Å². The second kappa shape index (κ2) is 18.2. The van der Waals surface area contributed by atoms with Gasteiger partial charge in [-0.15, -0.1) is 0 Å². The van der Waals surface area contributed by atoms with E-state index in [-0.39, 0.29) is 48.6 Å². The Labute approximate surface area is 350 Å². The van der Waals surface area contributed by atoms with Gasteiger partial charge in [0.25, 0.3) is 5.91 Å².